The zero-order valence-electron chi connectivity index (χ0n) is 10.7. The minimum absolute atomic E-state index is 0.0270. The summed E-state index contributed by atoms with van der Waals surface area (Å²) in [5.41, 5.74) is -0.350. The average molecular weight is 322 g/mol. The number of hydrogen-bond donors (Lipinski definition) is 2. The first kappa shape index (κ1) is 13.7. The van der Waals surface area contributed by atoms with Crippen molar-refractivity contribution in [1.29, 1.82) is 0 Å². The first-order valence-electron chi connectivity index (χ1n) is 6.05. The number of thiazole rings is 1. The molecule has 7 nitrogen and oxygen atoms in total. The standard InChI is InChI=1S/C12H10N4O3S2/c17-8(15-11-13-3-6-21-11)1-4-16-10(18)9-7(2-5-20-9)14-12(16)19/h2-3,5-6H,1,4H2,(H,14,19)(H,13,15,17). The first-order chi connectivity index (χ1) is 10.1. The second-order valence-electron chi connectivity index (χ2n) is 4.19. The van der Waals surface area contributed by atoms with E-state index in [0.717, 1.165) is 4.57 Å². The Morgan fingerprint density at radius 2 is 2.19 bits per heavy atom. The van der Waals surface area contributed by atoms with Gasteiger partial charge in [-0.3, -0.25) is 14.2 Å². The molecule has 0 aliphatic carbocycles. The topological polar surface area (TPSA) is 96.9 Å². The van der Waals surface area contributed by atoms with Crippen LogP contribution in [0.2, 0.25) is 0 Å². The van der Waals surface area contributed by atoms with Gasteiger partial charge in [0.05, 0.1) is 5.52 Å². The van der Waals surface area contributed by atoms with Gasteiger partial charge < -0.3 is 10.3 Å². The number of amides is 1. The molecule has 0 radical (unpaired) electrons. The predicted molar refractivity (Wildman–Crippen MR) is 82.1 cm³/mol. The van der Waals surface area contributed by atoms with Gasteiger partial charge in [-0.05, 0) is 11.4 Å². The summed E-state index contributed by atoms with van der Waals surface area (Å²) in [5, 5.41) is 6.59. The zero-order chi connectivity index (χ0) is 14.8. The molecule has 0 fully saturated rings. The Hall–Kier alpha value is -2.26. The maximum absolute atomic E-state index is 12.2. The van der Waals surface area contributed by atoms with E-state index in [0.29, 0.717) is 15.3 Å². The number of carbonyl (C=O) groups excluding carboxylic acids is 1. The first-order valence-corrected chi connectivity index (χ1v) is 7.81. The summed E-state index contributed by atoms with van der Waals surface area (Å²) in [6, 6.07) is 1.68. The molecule has 3 rings (SSSR count). The molecule has 108 valence electrons. The van der Waals surface area contributed by atoms with E-state index in [1.165, 1.54) is 22.7 Å². The van der Waals surface area contributed by atoms with E-state index in [1.807, 2.05) is 0 Å². The SMILES string of the molecule is O=C(CCn1c(=O)[nH]c2ccsc2c1=O)Nc1nccs1. The van der Waals surface area contributed by atoms with Crippen molar-refractivity contribution in [2.45, 2.75) is 13.0 Å². The highest BCUT2D eigenvalue weighted by Gasteiger charge is 2.11. The predicted octanol–water partition coefficient (Wildman–Crippen LogP) is 1.24. The van der Waals surface area contributed by atoms with E-state index >= 15 is 0 Å². The van der Waals surface area contributed by atoms with Crippen molar-refractivity contribution >= 4 is 43.9 Å². The van der Waals surface area contributed by atoms with Crippen LogP contribution in [0.5, 0.6) is 0 Å². The van der Waals surface area contributed by atoms with Gasteiger partial charge in [0, 0.05) is 24.5 Å². The molecule has 3 aromatic rings. The Kier molecular flexibility index (Phi) is 3.67. The number of H-pyrrole nitrogens is 1. The summed E-state index contributed by atoms with van der Waals surface area (Å²) in [5.74, 6) is -0.289. The summed E-state index contributed by atoms with van der Waals surface area (Å²) in [6.07, 6.45) is 1.61. The van der Waals surface area contributed by atoms with E-state index in [1.54, 1.807) is 23.0 Å². The van der Waals surface area contributed by atoms with E-state index in [-0.39, 0.29) is 24.4 Å². The third kappa shape index (κ3) is 2.78. The molecular weight excluding hydrogens is 312 g/mol. The van der Waals surface area contributed by atoms with Gasteiger partial charge >= 0.3 is 5.69 Å². The highest BCUT2D eigenvalue weighted by atomic mass is 32.1. The average Bonchev–Trinajstić information content (AvgIpc) is 3.09. The fraction of sp³-hybridized carbons (Fsp3) is 0.167. The van der Waals surface area contributed by atoms with Gasteiger partial charge in [-0.2, -0.15) is 0 Å². The molecule has 3 heterocycles. The highest BCUT2D eigenvalue weighted by Crippen LogP contribution is 2.12. The summed E-state index contributed by atoms with van der Waals surface area (Å²) >= 11 is 2.57. The molecule has 0 saturated carbocycles. The highest BCUT2D eigenvalue weighted by molar-refractivity contribution is 7.17. The largest absolute Gasteiger partial charge is 0.328 e. The van der Waals surface area contributed by atoms with Crippen LogP contribution in [0.1, 0.15) is 6.42 Å². The lowest BCUT2D eigenvalue weighted by Crippen LogP contribution is -2.35. The monoisotopic (exact) mass is 322 g/mol. The van der Waals surface area contributed by atoms with Crippen LogP contribution in [0.3, 0.4) is 0 Å². The fourth-order valence-electron chi connectivity index (χ4n) is 1.85. The molecule has 1 amide bonds. The summed E-state index contributed by atoms with van der Waals surface area (Å²) in [7, 11) is 0. The van der Waals surface area contributed by atoms with Gasteiger partial charge in [-0.25, -0.2) is 9.78 Å². The van der Waals surface area contributed by atoms with Gasteiger partial charge in [0.15, 0.2) is 5.13 Å². The number of nitrogens with one attached hydrogen (secondary N) is 2. The van der Waals surface area contributed by atoms with Crippen molar-refractivity contribution in [1.82, 2.24) is 14.5 Å². The summed E-state index contributed by atoms with van der Waals surface area (Å²) in [4.78, 5) is 42.3. The van der Waals surface area contributed by atoms with E-state index in [4.69, 9.17) is 0 Å². The smallest absolute Gasteiger partial charge is 0.306 e. The number of thiophene rings is 1. The lowest BCUT2D eigenvalue weighted by atomic mass is 10.4. The molecule has 0 bridgehead atoms. The van der Waals surface area contributed by atoms with Crippen LogP contribution in [0, 0.1) is 0 Å². The maximum Gasteiger partial charge on any atom is 0.328 e. The molecule has 0 saturated heterocycles. The quantitative estimate of drug-likeness (QED) is 0.755. The van der Waals surface area contributed by atoms with Crippen LogP contribution in [-0.2, 0) is 11.3 Å². The van der Waals surface area contributed by atoms with E-state index in [2.05, 4.69) is 15.3 Å². The van der Waals surface area contributed by atoms with Crippen LogP contribution in [-0.4, -0.2) is 20.4 Å². The third-order valence-electron chi connectivity index (χ3n) is 2.83. The van der Waals surface area contributed by atoms with Gasteiger partial charge in [-0.15, -0.1) is 22.7 Å². The second kappa shape index (κ2) is 5.62. The Bertz CT molecular complexity index is 891. The maximum atomic E-state index is 12.2. The van der Waals surface area contributed by atoms with Crippen molar-refractivity contribution < 1.29 is 4.79 Å². The molecule has 0 aliphatic heterocycles. The van der Waals surface area contributed by atoms with Gasteiger partial charge in [0.2, 0.25) is 5.91 Å². The molecule has 0 unspecified atom stereocenters. The Balaban J connectivity index is 1.77. The molecule has 21 heavy (non-hydrogen) atoms. The van der Waals surface area contributed by atoms with Gasteiger partial charge in [-0.1, -0.05) is 0 Å². The van der Waals surface area contributed by atoms with Crippen LogP contribution < -0.4 is 16.6 Å². The molecule has 0 atom stereocenters. The summed E-state index contributed by atoms with van der Waals surface area (Å²) < 4.78 is 1.52. The number of rotatable bonds is 4. The van der Waals surface area contributed by atoms with Gasteiger partial charge in [0.1, 0.15) is 4.70 Å². The van der Waals surface area contributed by atoms with Crippen molar-refractivity contribution in [3.8, 4) is 0 Å². The number of aromatic nitrogens is 3. The fourth-order valence-corrected chi connectivity index (χ4v) is 3.20. The van der Waals surface area contributed by atoms with Gasteiger partial charge in [0.25, 0.3) is 5.56 Å². The molecule has 0 spiro atoms. The number of anilines is 1. The normalized spacial score (nSPS) is 10.9. The number of hydrogen-bond acceptors (Lipinski definition) is 6. The van der Waals surface area contributed by atoms with Crippen molar-refractivity contribution in [3.05, 3.63) is 43.9 Å². The summed E-state index contributed by atoms with van der Waals surface area (Å²) in [6.45, 7) is 0.0270. The molecule has 2 N–H and O–H groups in total. The zero-order valence-corrected chi connectivity index (χ0v) is 12.3. The molecule has 9 heteroatoms. The van der Waals surface area contributed by atoms with Crippen molar-refractivity contribution in [2.24, 2.45) is 0 Å². The number of fused-ring (bicyclic) bond motifs is 1. The van der Waals surface area contributed by atoms with Crippen LogP contribution >= 0.6 is 22.7 Å². The second-order valence-corrected chi connectivity index (χ2v) is 6.00. The van der Waals surface area contributed by atoms with Crippen LogP contribution in [0.25, 0.3) is 10.2 Å². The molecule has 3 aromatic heterocycles. The van der Waals surface area contributed by atoms with E-state index in [9.17, 15) is 14.4 Å². The Morgan fingerprint density at radius 1 is 1.33 bits per heavy atom. The minimum Gasteiger partial charge on any atom is -0.306 e. The molecular formula is C12H10N4O3S2. The lowest BCUT2D eigenvalue weighted by Gasteiger charge is -2.04. The number of nitrogens with zero attached hydrogens (tertiary/aromatic N) is 2. The van der Waals surface area contributed by atoms with Crippen molar-refractivity contribution in [3.63, 3.8) is 0 Å². The number of aromatic amines is 1. The van der Waals surface area contributed by atoms with E-state index < -0.39 is 5.69 Å². The Morgan fingerprint density at radius 3 is 2.95 bits per heavy atom. The van der Waals surface area contributed by atoms with Crippen LogP contribution in [0.15, 0.2) is 32.6 Å². The number of carbonyl (C=O) groups is 1. The van der Waals surface area contributed by atoms with Crippen LogP contribution in [0.4, 0.5) is 5.13 Å². The third-order valence-corrected chi connectivity index (χ3v) is 4.42. The Labute approximate surface area is 125 Å². The van der Waals surface area contributed by atoms with Crippen molar-refractivity contribution in [2.75, 3.05) is 5.32 Å². The molecule has 0 aliphatic rings. The lowest BCUT2D eigenvalue weighted by molar-refractivity contribution is -0.116. The molecule has 0 aromatic carbocycles. The minimum atomic E-state index is -0.507.